The van der Waals surface area contributed by atoms with Gasteiger partial charge in [-0.15, -0.1) is 0 Å². The molecule has 0 saturated carbocycles. The number of unbranched alkanes of at least 4 members (excludes halogenated alkanes) is 11. The van der Waals surface area contributed by atoms with E-state index >= 15 is 0 Å². The number of ether oxygens (including phenoxy) is 4. The molecule has 1 fully saturated rings. The molecule has 1 rings (SSSR count). The molecular formula is C57H92O12S. The summed E-state index contributed by atoms with van der Waals surface area (Å²) in [6.07, 6.45) is 58.0. The Labute approximate surface area is 423 Å². The molecule has 1 heterocycles. The predicted molar refractivity (Wildman–Crippen MR) is 284 cm³/mol. The van der Waals surface area contributed by atoms with Crippen LogP contribution in [0.5, 0.6) is 0 Å². The van der Waals surface area contributed by atoms with Crippen LogP contribution in [-0.4, -0.2) is 97.5 Å². The lowest BCUT2D eigenvalue weighted by atomic mass is 9.99. The monoisotopic (exact) mass is 1000 g/mol. The van der Waals surface area contributed by atoms with Crippen LogP contribution in [0.2, 0.25) is 0 Å². The smallest absolute Gasteiger partial charge is 0.397 e. The first-order valence-corrected chi connectivity index (χ1v) is 27.7. The maximum Gasteiger partial charge on any atom is 0.397 e. The SMILES string of the molecule is CC/C=C\C/C=C\C/C=C\C/C=C\C/C=C\CCCCCCCCCCCC(=O)OC(COCCCC/C=C\C/C=C\C/C=C\C/C=C\C/C=C\CC)COC1OC(CO)C(O)C(OS(=O)(=O)O)C1O. The molecule has 0 spiro atoms. The summed E-state index contributed by atoms with van der Waals surface area (Å²) in [5.74, 6) is -0.426. The van der Waals surface area contributed by atoms with Crippen molar-refractivity contribution in [2.45, 2.75) is 205 Å². The Balaban J connectivity index is 2.38. The average Bonchev–Trinajstić information content (AvgIpc) is 3.34. The minimum absolute atomic E-state index is 0.00442. The molecule has 4 N–H and O–H groups in total. The third-order valence-corrected chi connectivity index (χ3v) is 11.5. The highest BCUT2D eigenvalue weighted by atomic mass is 32.3. The molecule has 1 aliphatic heterocycles. The van der Waals surface area contributed by atoms with E-state index in [1.807, 2.05) is 0 Å². The van der Waals surface area contributed by atoms with Crippen LogP contribution in [0.4, 0.5) is 0 Å². The van der Waals surface area contributed by atoms with E-state index in [4.69, 9.17) is 18.9 Å². The maximum atomic E-state index is 12.9. The Morgan fingerprint density at radius 3 is 1.37 bits per heavy atom. The van der Waals surface area contributed by atoms with Crippen molar-refractivity contribution in [1.29, 1.82) is 0 Å². The molecule has 0 amide bonds. The van der Waals surface area contributed by atoms with Gasteiger partial charge in [0.25, 0.3) is 0 Å². The van der Waals surface area contributed by atoms with Crippen molar-refractivity contribution in [3.8, 4) is 0 Å². The van der Waals surface area contributed by atoms with Crippen molar-refractivity contribution in [3.63, 3.8) is 0 Å². The molecule has 1 aliphatic rings. The van der Waals surface area contributed by atoms with Gasteiger partial charge >= 0.3 is 16.4 Å². The van der Waals surface area contributed by atoms with E-state index in [9.17, 15) is 33.1 Å². The van der Waals surface area contributed by atoms with Gasteiger partial charge in [-0.2, -0.15) is 8.42 Å². The van der Waals surface area contributed by atoms with E-state index in [-0.39, 0.29) is 19.6 Å². The van der Waals surface area contributed by atoms with Crippen molar-refractivity contribution in [2.24, 2.45) is 0 Å². The van der Waals surface area contributed by atoms with Gasteiger partial charge in [0.05, 0.1) is 19.8 Å². The number of aliphatic hydroxyl groups is 3. The van der Waals surface area contributed by atoms with Gasteiger partial charge in [0.2, 0.25) is 0 Å². The molecule has 0 aromatic rings. The molecule has 0 radical (unpaired) electrons. The van der Waals surface area contributed by atoms with Crippen molar-refractivity contribution < 1.29 is 56.2 Å². The molecule has 0 bridgehead atoms. The van der Waals surface area contributed by atoms with Crippen molar-refractivity contribution in [3.05, 3.63) is 122 Å². The van der Waals surface area contributed by atoms with Gasteiger partial charge in [-0.25, -0.2) is 4.18 Å². The topological polar surface area (TPSA) is 178 Å². The number of hydrogen-bond acceptors (Lipinski definition) is 11. The van der Waals surface area contributed by atoms with Crippen LogP contribution < -0.4 is 0 Å². The minimum atomic E-state index is -5.08. The molecule has 6 unspecified atom stereocenters. The Morgan fingerprint density at radius 1 is 0.543 bits per heavy atom. The van der Waals surface area contributed by atoms with Gasteiger partial charge in [-0.3, -0.25) is 9.35 Å². The fourth-order valence-corrected chi connectivity index (χ4v) is 7.70. The van der Waals surface area contributed by atoms with Gasteiger partial charge in [0, 0.05) is 13.0 Å². The summed E-state index contributed by atoms with van der Waals surface area (Å²) in [4.78, 5) is 12.9. The molecular weight excluding hydrogens is 909 g/mol. The summed E-state index contributed by atoms with van der Waals surface area (Å²) in [6.45, 7) is 3.63. The number of aliphatic hydroxyl groups excluding tert-OH is 3. The summed E-state index contributed by atoms with van der Waals surface area (Å²) in [7, 11) is -5.08. The summed E-state index contributed by atoms with van der Waals surface area (Å²) in [5, 5.41) is 30.8. The Morgan fingerprint density at radius 2 is 0.943 bits per heavy atom. The summed E-state index contributed by atoms with van der Waals surface area (Å²) >= 11 is 0. The lowest BCUT2D eigenvalue weighted by Gasteiger charge is -2.41. The fourth-order valence-electron chi connectivity index (χ4n) is 7.20. The summed E-state index contributed by atoms with van der Waals surface area (Å²) in [6, 6.07) is 0. The fraction of sp³-hybridized carbons (Fsp3) is 0.632. The van der Waals surface area contributed by atoms with E-state index in [1.54, 1.807) is 0 Å². The van der Waals surface area contributed by atoms with Crippen LogP contribution >= 0.6 is 0 Å². The standard InChI is InChI=1S/C57H92O12S/c1-3-5-7-9-11-13-15-17-19-21-23-24-25-26-27-28-29-30-32-34-36-38-40-42-44-46-53(59)67-51(50-66-57-55(61)56(69-70(62,63)64)54(60)52(48-58)68-57)49-65-47-45-43-41-39-37-35-33-31-22-20-18-16-14-12-10-8-6-4-2/h5-8,11-14,17-20,23-24,26-27,31,33,37,39,51-52,54-58,60-61H,3-4,9-10,15-16,21-22,25,28-30,32,34-36,38,40-50H2,1-2H3,(H,62,63,64)/b7-5-,8-6-,13-11-,14-12-,19-17-,20-18-,24-23-,27-26-,33-31-,39-37-. The normalized spacial score (nSPS) is 20.1. The van der Waals surface area contributed by atoms with E-state index in [1.165, 1.54) is 32.1 Å². The van der Waals surface area contributed by atoms with Crippen molar-refractivity contribution >= 4 is 16.4 Å². The Bertz CT molecular complexity index is 1670. The van der Waals surface area contributed by atoms with E-state index in [0.717, 1.165) is 109 Å². The first-order valence-electron chi connectivity index (χ1n) is 26.3. The molecule has 6 atom stereocenters. The largest absolute Gasteiger partial charge is 0.457 e. The number of hydrogen-bond donors (Lipinski definition) is 4. The molecule has 0 aliphatic carbocycles. The zero-order valence-corrected chi connectivity index (χ0v) is 43.6. The Kier molecular flexibility index (Phi) is 42.9. The van der Waals surface area contributed by atoms with Crippen LogP contribution in [0.25, 0.3) is 0 Å². The third kappa shape index (κ3) is 39.2. The summed E-state index contributed by atoms with van der Waals surface area (Å²) < 4.78 is 59.2. The van der Waals surface area contributed by atoms with Crippen molar-refractivity contribution in [2.75, 3.05) is 26.4 Å². The maximum absolute atomic E-state index is 12.9. The average molecular weight is 1000 g/mol. The second kappa shape index (κ2) is 46.6. The van der Waals surface area contributed by atoms with Crippen LogP contribution in [0.3, 0.4) is 0 Å². The lowest BCUT2D eigenvalue weighted by Crippen LogP contribution is -2.60. The van der Waals surface area contributed by atoms with Gasteiger partial charge in [-0.1, -0.05) is 180 Å². The molecule has 1 saturated heterocycles. The van der Waals surface area contributed by atoms with Gasteiger partial charge in [-0.05, 0) is 103 Å². The van der Waals surface area contributed by atoms with E-state index in [0.29, 0.717) is 13.0 Å². The minimum Gasteiger partial charge on any atom is -0.457 e. The molecule has 0 aromatic carbocycles. The first kappa shape index (κ1) is 64.5. The second-order valence-corrected chi connectivity index (χ2v) is 18.4. The Hall–Kier alpha value is -3.50. The zero-order chi connectivity index (χ0) is 51.0. The van der Waals surface area contributed by atoms with Crippen LogP contribution in [0.15, 0.2) is 122 Å². The first-order chi connectivity index (χ1) is 34.1. The van der Waals surface area contributed by atoms with Crippen molar-refractivity contribution in [1.82, 2.24) is 0 Å². The van der Waals surface area contributed by atoms with E-state index in [2.05, 4.69) is 140 Å². The second-order valence-electron chi connectivity index (χ2n) is 17.3. The lowest BCUT2D eigenvalue weighted by molar-refractivity contribution is -0.301. The molecule has 398 valence electrons. The number of carbonyl (C=O) groups excluding carboxylic acids is 1. The van der Waals surface area contributed by atoms with Crippen LogP contribution in [0, 0.1) is 0 Å². The molecule has 70 heavy (non-hydrogen) atoms. The number of rotatable bonds is 44. The molecule has 0 aromatic heterocycles. The number of allylic oxidation sites excluding steroid dienone is 20. The zero-order valence-electron chi connectivity index (χ0n) is 42.8. The highest BCUT2D eigenvalue weighted by molar-refractivity contribution is 7.80. The number of carbonyl (C=O) groups is 1. The van der Waals surface area contributed by atoms with Gasteiger partial charge in [0.1, 0.15) is 30.5 Å². The number of esters is 1. The third-order valence-electron chi connectivity index (χ3n) is 11.1. The highest BCUT2D eigenvalue weighted by Crippen LogP contribution is 2.26. The van der Waals surface area contributed by atoms with Gasteiger partial charge in [0.15, 0.2) is 6.29 Å². The summed E-state index contributed by atoms with van der Waals surface area (Å²) in [5.41, 5.74) is 0. The molecule has 13 heteroatoms. The quantitative estimate of drug-likeness (QED) is 0.0197. The molecule has 12 nitrogen and oxygen atoms in total. The highest BCUT2D eigenvalue weighted by Gasteiger charge is 2.48. The van der Waals surface area contributed by atoms with Gasteiger partial charge < -0.3 is 34.3 Å². The van der Waals surface area contributed by atoms with Crippen LogP contribution in [0.1, 0.15) is 168 Å². The van der Waals surface area contributed by atoms with E-state index < -0.39 is 59.8 Å². The predicted octanol–water partition coefficient (Wildman–Crippen LogP) is 12.5. The van der Waals surface area contributed by atoms with Crippen LogP contribution in [-0.2, 0) is 38.3 Å².